The molecule has 1 rings (SSSR count). The zero-order valence-corrected chi connectivity index (χ0v) is 11.5. The van der Waals surface area contributed by atoms with Gasteiger partial charge >= 0.3 is 12.0 Å². The Morgan fingerprint density at radius 2 is 2.05 bits per heavy atom. The van der Waals surface area contributed by atoms with Gasteiger partial charge in [-0.2, -0.15) is 0 Å². The van der Waals surface area contributed by atoms with Crippen LogP contribution in [-0.4, -0.2) is 42.5 Å². The lowest BCUT2D eigenvalue weighted by atomic mass is 10.3. The summed E-state index contributed by atoms with van der Waals surface area (Å²) < 4.78 is 4.55. The van der Waals surface area contributed by atoms with E-state index in [0.29, 0.717) is 5.69 Å². The molecule has 20 heavy (non-hydrogen) atoms. The predicted octanol–water partition coefficient (Wildman–Crippen LogP) is 1.16. The molecule has 0 fully saturated rings. The van der Waals surface area contributed by atoms with Crippen LogP contribution in [0.5, 0.6) is 0 Å². The molecule has 3 amide bonds. The number of carboxylic acid groups (broad SMARTS) is 1. The highest BCUT2D eigenvalue weighted by molar-refractivity contribution is 7.98. The molecule has 7 nitrogen and oxygen atoms in total. The van der Waals surface area contributed by atoms with Crippen molar-refractivity contribution in [3.63, 3.8) is 0 Å². The number of benzene rings is 1. The van der Waals surface area contributed by atoms with E-state index in [4.69, 9.17) is 5.11 Å². The van der Waals surface area contributed by atoms with Gasteiger partial charge in [0.25, 0.3) is 5.91 Å². The molecule has 0 saturated heterocycles. The normalized spacial score (nSPS) is 9.85. The van der Waals surface area contributed by atoms with Crippen LogP contribution in [0.3, 0.4) is 0 Å². The van der Waals surface area contributed by atoms with Gasteiger partial charge in [0.05, 0.1) is 0 Å². The Hall–Kier alpha value is -2.06. The summed E-state index contributed by atoms with van der Waals surface area (Å²) in [5.74, 6) is -1.90. The number of carbonyl (C=O) groups is 3. The van der Waals surface area contributed by atoms with Crippen molar-refractivity contribution in [1.29, 1.82) is 0 Å². The molecule has 1 aromatic rings. The lowest BCUT2D eigenvalue weighted by molar-refractivity contribution is -0.143. The van der Waals surface area contributed by atoms with Gasteiger partial charge in [-0.3, -0.25) is 10.1 Å². The van der Waals surface area contributed by atoms with Gasteiger partial charge in [-0.15, -0.1) is 11.8 Å². The van der Waals surface area contributed by atoms with Crippen LogP contribution >= 0.6 is 11.8 Å². The van der Waals surface area contributed by atoms with Gasteiger partial charge in [0.2, 0.25) is 0 Å². The van der Waals surface area contributed by atoms with Crippen LogP contribution in [0.1, 0.15) is 0 Å². The van der Waals surface area contributed by atoms with Crippen molar-refractivity contribution >= 4 is 35.4 Å². The second kappa shape index (κ2) is 8.18. The van der Waals surface area contributed by atoms with E-state index in [0.717, 1.165) is 4.90 Å². The Balaban J connectivity index is 2.38. The summed E-state index contributed by atoms with van der Waals surface area (Å²) >= 11 is 1.52. The standard InChI is InChI=1S/C12H14N2O5S/c1-20-9-4-2-3-8(5-9)13-12(18)14-10(15)6-19-7-11(16)17/h2-5H,6-7H2,1H3,(H,16,17)(H2,13,14,15,18). The molecule has 0 aliphatic carbocycles. The van der Waals surface area contributed by atoms with Crippen molar-refractivity contribution in [2.45, 2.75) is 4.90 Å². The third kappa shape index (κ3) is 6.21. The number of thioether (sulfide) groups is 1. The zero-order chi connectivity index (χ0) is 15.0. The number of urea groups is 1. The minimum Gasteiger partial charge on any atom is -0.480 e. The minimum atomic E-state index is -1.18. The molecule has 108 valence electrons. The van der Waals surface area contributed by atoms with Crippen molar-refractivity contribution in [1.82, 2.24) is 5.32 Å². The van der Waals surface area contributed by atoms with E-state index in [-0.39, 0.29) is 0 Å². The highest BCUT2D eigenvalue weighted by atomic mass is 32.2. The molecule has 1 aromatic carbocycles. The monoisotopic (exact) mass is 298 g/mol. The van der Waals surface area contributed by atoms with Crippen LogP contribution in [-0.2, 0) is 14.3 Å². The number of hydrogen-bond acceptors (Lipinski definition) is 5. The van der Waals surface area contributed by atoms with Crippen molar-refractivity contribution in [2.75, 3.05) is 24.8 Å². The Bertz CT molecular complexity index is 506. The van der Waals surface area contributed by atoms with Gasteiger partial charge in [0, 0.05) is 10.6 Å². The van der Waals surface area contributed by atoms with E-state index >= 15 is 0 Å². The predicted molar refractivity (Wildman–Crippen MR) is 73.8 cm³/mol. The molecule has 0 radical (unpaired) electrons. The number of amides is 3. The molecular formula is C12H14N2O5S. The first-order valence-electron chi connectivity index (χ1n) is 5.55. The Labute approximate surface area is 119 Å². The summed E-state index contributed by atoms with van der Waals surface area (Å²) in [6.07, 6.45) is 1.91. The molecule has 0 spiro atoms. The number of carbonyl (C=O) groups excluding carboxylic acids is 2. The number of hydrogen-bond donors (Lipinski definition) is 3. The second-order valence-corrected chi connectivity index (χ2v) is 4.50. The lowest BCUT2D eigenvalue weighted by Gasteiger charge is -2.07. The fourth-order valence-corrected chi connectivity index (χ4v) is 1.72. The summed E-state index contributed by atoms with van der Waals surface area (Å²) in [4.78, 5) is 33.9. The number of ether oxygens (including phenoxy) is 1. The summed E-state index contributed by atoms with van der Waals surface area (Å²) in [6.45, 7) is -1.09. The molecule has 0 saturated carbocycles. The maximum absolute atomic E-state index is 11.5. The minimum absolute atomic E-state index is 0.495. The largest absolute Gasteiger partial charge is 0.480 e. The number of anilines is 1. The van der Waals surface area contributed by atoms with Crippen molar-refractivity contribution < 1.29 is 24.2 Å². The molecule has 0 aliphatic rings. The van der Waals surface area contributed by atoms with Gasteiger partial charge in [0.15, 0.2) is 0 Å². The first kappa shape index (κ1) is 16.0. The second-order valence-electron chi connectivity index (χ2n) is 3.62. The van der Waals surface area contributed by atoms with Crippen molar-refractivity contribution in [2.24, 2.45) is 0 Å². The van der Waals surface area contributed by atoms with Gasteiger partial charge < -0.3 is 15.2 Å². The fourth-order valence-electron chi connectivity index (χ4n) is 1.26. The molecule has 0 aliphatic heterocycles. The topological polar surface area (TPSA) is 105 Å². The molecule has 0 bridgehead atoms. The fraction of sp³-hybridized carbons (Fsp3) is 0.250. The van der Waals surface area contributed by atoms with E-state index in [2.05, 4.69) is 10.1 Å². The van der Waals surface area contributed by atoms with E-state index in [1.165, 1.54) is 11.8 Å². The maximum atomic E-state index is 11.5. The average Bonchev–Trinajstić information content (AvgIpc) is 2.38. The van der Waals surface area contributed by atoms with Crippen LogP contribution in [0.4, 0.5) is 10.5 Å². The van der Waals surface area contributed by atoms with Crippen LogP contribution in [0, 0.1) is 0 Å². The molecular weight excluding hydrogens is 284 g/mol. The van der Waals surface area contributed by atoms with E-state index < -0.39 is 31.1 Å². The SMILES string of the molecule is CSc1cccc(NC(=O)NC(=O)COCC(=O)O)c1. The number of aliphatic carboxylic acids is 1. The van der Waals surface area contributed by atoms with E-state index in [1.54, 1.807) is 18.2 Å². The molecule has 0 unspecified atom stereocenters. The zero-order valence-electron chi connectivity index (χ0n) is 10.7. The Morgan fingerprint density at radius 1 is 1.30 bits per heavy atom. The van der Waals surface area contributed by atoms with Gasteiger partial charge in [0.1, 0.15) is 13.2 Å². The third-order valence-corrected chi connectivity index (χ3v) is 2.76. The first-order chi connectivity index (χ1) is 9.51. The van der Waals surface area contributed by atoms with Gasteiger partial charge in [-0.25, -0.2) is 9.59 Å². The smallest absolute Gasteiger partial charge is 0.329 e. The van der Waals surface area contributed by atoms with Crippen LogP contribution in [0.2, 0.25) is 0 Å². The Kier molecular flexibility index (Phi) is 6.54. The first-order valence-corrected chi connectivity index (χ1v) is 6.78. The van der Waals surface area contributed by atoms with Crippen molar-refractivity contribution in [3.05, 3.63) is 24.3 Å². The quantitative estimate of drug-likeness (QED) is 0.681. The summed E-state index contributed by atoms with van der Waals surface area (Å²) in [5.41, 5.74) is 0.550. The highest BCUT2D eigenvalue weighted by Gasteiger charge is 2.09. The number of imide groups is 1. The average molecular weight is 298 g/mol. The number of rotatable bonds is 6. The summed E-state index contributed by atoms with van der Waals surface area (Å²) in [6, 6.07) is 6.41. The molecule has 0 aromatic heterocycles. The summed E-state index contributed by atoms with van der Waals surface area (Å²) in [5, 5.41) is 12.8. The summed E-state index contributed by atoms with van der Waals surface area (Å²) in [7, 11) is 0. The Morgan fingerprint density at radius 3 is 2.70 bits per heavy atom. The van der Waals surface area contributed by atoms with E-state index in [9.17, 15) is 14.4 Å². The molecule has 0 atom stereocenters. The molecule has 8 heteroatoms. The molecule has 0 heterocycles. The third-order valence-electron chi connectivity index (χ3n) is 2.04. The maximum Gasteiger partial charge on any atom is 0.329 e. The lowest BCUT2D eigenvalue weighted by Crippen LogP contribution is -2.37. The molecule has 3 N–H and O–H groups in total. The number of nitrogens with one attached hydrogen (secondary N) is 2. The highest BCUT2D eigenvalue weighted by Crippen LogP contribution is 2.18. The van der Waals surface area contributed by atoms with Crippen LogP contribution < -0.4 is 10.6 Å². The van der Waals surface area contributed by atoms with Crippen LogP contribution in [0.15, 0.2) is 29.2 Å². The van der Waals surface area contributed by atoms with Gasteiger partial charge in [-0.1, -0.05) is 6.07 Å². The van der Waals surface area contributed by atoms with Gasteiger partial charge in [-0.05, 0) is 24.5 Å². The van der Waals surface area contributed by atoms with E-state index in [1.807, 2.05) is 17.6 Å². The number of carboxylic acids is 1. The van der Waals surface area contributed by atoms with Crippen LogP contribution in [0.25, 0.3) is 0 Å². The van der Waals surface area contributed by atoms with Crippen molar-refractivity contribution in [3.8, 4) is 0 Å².